The molecule has 0 unspecified atom stereocenters. The monoisotopic (exact) mass is 538 g/mol. The number of fused-ring (bicyclic) bond motifs is 1. The number of β-lactam (4-membered cyclic amide) rings is 1. The van der Waals surface area contributed by atoms with Crippen LogP contribution in [0.5, 0.6) is 11.5 Å². The summed E-state index contributed by atoms with van der Waals surface area (Å²) < 4.78 is 0. The number of thioether (sulfide) groups is 1. The number of allylic oxidation sites excluding steroid dienone is 2. The number of aromatic hydroxyl groups is 2. The van der Waals surface area contributed by atoms with Gasteiger partial charge in [0.05, 0.1) is 0 Å². The third-order valence-electron chi connectivity index (χ3n) is 6.18. The first-order chi connectivity index (χ1) is 18.1. The van der Waals surface area contributed by atoms with Crippen LogP contribution >= 0.6 is 11.8 Å². The van der Waals surface area contributed by atoms with Crippen LogP contribution in [-0.2, 0) is 19.2 Å². The highest BCUT2D eigenvalue weighted by Crippen LogP contribution is 2.40. The number of aliphatic carboxylic acids is 1. The Kier molecular flexibility index (Phi) is 7.74. The zero-order valence-corrected chi connectivity index (χ0v) is 21.0. The standard InChI is InChI=1S/C26H26N4O7S/c1-2-3-15-12-38-25-20(24(35)30(25)21(15)26(36)37)29-23(34)19(14-6-10-17(32)11-7-14)28-22(33)18(27)13-4-8-16(31)9-5-13/h2-11,18-20,25,31-32H,12,27H2,1H3,(H,28,33)(H,29,34)(H,36,37)/b3-2-/t18-,19-,20-,25-/m1/s1. The molecule has 4 rings (SSSR count). The molecule has 2 aromatic rings. The Labute approximate surface area is 222 Å². The molecule has 2 aromatic carbocycles. The Hall–Kier alpha value is -4.29. The van der Waals surface area contributed by atoms with E-state index in [1.165, 1.54) is 60.3 Å². The van der Waals surface area contributed by atoms with E-state index in [0.29, 0.717) is 22.5 Å². The van der Waals surface area contributed by atoms with Crippen molar-refractivity contribution in [2.75, 3.05) is 5.75 Å². The third-order valence-corrected chi connectivity index (χ3v) is 7.48. The Morgan fingerprint density at radius 3 is 2.16 bits per heavy atom. The molecule has 0 aliphatic carbocycles. The van der Waals surface area contributed by atoms with Gasteiger partial charge >= 0.3 is 5.97 Å². The van der Waals surface area contributed by atoms with Crippen molar-refractivity contribution in [1.29, 1.82) is 0 Å². The van der Waals surface area contributed by atoms with Crippen molar-refractivity contribution in [3.05, 3.63) is 83.1 Å². The predicted molar refractivity (Wildman–Crippen MR) is 139 cm³/mol. The van der Waals surface area contributed by atoms with E-state index >= 15 is 0 Å². The van der Waals surface area contributed by atoms with Gasteiger partial charge in [0.25, 0.3) is 5.91 Å². The molecule has 198 valence electrons. The number of amides is 3. The van der Waals surface area contributed by atoms with Gasteiger partial charge < -0.3 is 31.7 Å². The van der Waals surface area contributed by atoms with Crippen molar-refractivity contribution < 1.29 is 34.5 Å². The summed E-state index contributed by atoms with van der Waals surface area (Å²) in [7, 11) is 0. The van der Waals surface area contributed by atoms with E-state index < -0.39 is 47.2 Å². The summed E-state index contributed by atoms with van der Waals surface area (Å²) >= 11 is 1.32. The van der Waals surface area contributed by atoms with Gasteiger partial charge in [-0.2, -0.15) is 0 Å². The fourth-order valence-corrected chi connectivity index (χ4v) is 5.56. The molecule has 3 amide bonds. The quantitative estimate of drug-likeness (QED) is 0.270. The minimum Gasteiger partial charge on any atom is -0.508 e. The average molecular weight is 539 g/mol. The third kappa shape index (κ3) is 5.22. The first kappa shape index (κ1) is 26.8. The van der Waals surface area contributed by atoms with Gasteiger partial charge in [0.2, 0.25) is 11.8 Å². The van der Waals surface area contributed by atoms with Gasteiger partial charge in [-0.05, 0) is 47.9 Å². The summed E-state index contributed by atoms with van der Waals surface area (Å²) in [5.41, 5.74) is 7.18. The number of hydrogen-bond donors (Lipinski definition) is 6. The molecule has 2 aliphatic rings. The minimum absolute atomic E-state index is 0.00114. The molecule has 2 aliphatic heterocycles. The molecular formula is C26H26N4O7S. The van der Waals surface area contributed by atoms with Crippen LogP contribution in [0.15, 0.2) is 72.0 Å². The Morgan fingerprint density at radius 1 is 1.03 bits per heavy atom. The first-order valence-corrected chi connectivity index (χ1v) is 12.6. The summed E-state index contributed by atoms with van der Waals surface area (Å²) in [6.45, 7) is 1.75. The van der Waals surface area contributed by atoms with Gasteiger partial charge in [-0.15, -0.1) is 11.8 Å². The smallest absolute Gasteiger partial charge is 0.352 e. The number of rotatable bonds is 8. The lowest BCUT2D eigenvalue weighted by Crippen LogP contribution is -2.71. The highest BCUT2D eigenvalue weighted by molar-refractivity contribution is 8.00. The fraction of sp³-hybridized carbons (Fsp3) is 0.231. The van der Waals surface area contributed by atoms with Crippen LogP contribution in [0, 0.1) is 0 Å². The SMILES string of the molecule is C/C=C\C1=C(C(=O)O)N2C(=O)[C@@H](NC(=O)[C@H](NC(=O)[C@H](N)c3ccc(O)cc3)c3ccc(O)cc3)[C@H]2SC1. The van der Waals surface area contributed by atoms with Crippen molar-refractivity contribution in [2.45, 2.75) is 30.4 Å². The molecule has 4 atom stereocenters. The van der Waals surface area contributed by atoms with Gasteiger partial charge in [0.15, 0.2) is 0 Å². The van der Waals surface area contributed by atoms with Crippen LogP contribution in [0.4, 0.5) is 0 Å². The van der Waals surface area contributed by atoms with Crippen LogP contribution in [0.2, 0.25) is 0 Å². The zero-order valence-electron chi connectivity index (χ0n) is 20.2. The second-order valence-electron chi connectivity index (χ2n) is 8.68. The maximum absolute atomic E-state index is 13.4. The number of nitrogens with two attached hydrogens (primary N) is 1. The van der Waals surface area contributed by atoms with Crippen molar-refractivity contribution in [1.82, 2.24) is 15.5 Å². The molecule has 0 saturated carbocycles. The zero-order chi connectivity index (χ0) is 27.6. The summed E-state index contributed by atoms with van der Waals surface area (Å²) in [5.74, 6) is -2.92. The van der Waals surface area contributed by atoms with E-state index in [-0.39, 0.29) is 17.2 Å². The number of phenolic OH excluding ortho intramolecular Hbond substituents is 2. The second-order valence-corrected chi connectivity index (χ2v) is 9.78. The van der Waals surface area contributed by atoms with Crippen molar-refractivity contribution in [3.63, 3.8) is 0 Å². The molecular weight excluding hydrogens is 512 g/mol. The molecule has 0 bridgehead atoms. The van der Waals surface area contributed by atoms with Gasteiger partial charge in [-0.1, -0.05) is 36.4 Å². The van der Waals surface area contributed by atoms with Crippen molar-refractivity contribution in [3.8, 4) is 11.5 Å². The highest BCUT2D eigenvalue weighted by Gasteiger charge is 2.54. The van der Waals surface area contributed by atoms with Gasteiger partial charge in [0, 0.05) is 5.75 Å². The number of benzene rings is 2. The van der Waals surface area contributed by atoms with Crippen LogP contribution in [0.3, 0.4) is 0 Å². The molecule has 1 fully saturated rings. The number of phenols is 2. The number of carboxylic acid groups (broad SMARTS) is 1. The van der Waals surface area contributed by atoms with Crippen LogP contribution in [0.1, 0.15) is 30.1 Å². The van der Waals surface area contributed by atoms with E-state index in [1.54, 1.807) is 19.1 Å². The minimum atomic E-state index is -1.27. The van der Waals surface area contributed by atoms with E-state index in [2.05, 4.69) is 10.6 Å². The van der Waals surface area contributed by atoms with Gasteiger partial charge in [-0.25, -0.2) is 4.79 Å². The molecule has 0 aromatic heterocycles. The molecule has 38 heavy (non-hydrogen) atoms. The average Bonchev–Trinajstić information content (AvgIpc) is 2.90. The molecule has 1 saturated heterocycles. The van der Waals surface area contributed by atoms with Gasteiger partial charge in [-0.3, -0.25) is 19.3 Å². The van der Waals surface area contributed by atoms with Crippen LogP contribution in [-0.4, -0.2) is 61.1 Å². The molecule has 2 heterocycles. The highest BCUT2D eigenvalue weighted by atomic mass is 32.2. The summed E-state index contributed by atoms with van der Waals surface area (Å²) in [6, 6.07) is 7.88. The number of hydrogen-bond acceptors (Lipinski definition) is 8. The number of carbonyl (C=O) groups excluding carboxylic acids is 3. The first-order valence-electron chi connectivity index (χ1n) is 11.6. The van der Waals surface area contributed by atoms with E-state index in [4.69, 9.17) is 5.73 Å². The van der Waals surface area contributed by atoms with Gasteiger partial charge in [0.1, 0.15) is 40.7 Å². The molecule has 0 spiro atoms. The topological polar surface area (TPSA) is 182 Å². The number of nitrogens with zero attached hydrogens (tertiary/aromatic N) is 1. The fourth-order valence-electron chi connectivity index (χ4n) is 4.24. The maximum atomic E-state index is 13.4. The number of carbonyl (C=O) groups is 4. The Balaban J connectivity index is 1.54. The summed E-state index contributed by atoms with van der Waals surface area (Å²) in [5, 5.41) is 33.4. The predicted octanol–water partition coefficient (Wildman–Crippen LogP) is 1.27. The Morgan fingerprint density at radius 2 is 1.61 bits per heavy atom. The van der Waals surface area contributed by atoms with Crippen LogP contribution < -0.4 is 16.4 Å². The Bertz CT molecular complexity index is 1320. The van der Waals surface area contributed by atoms with Crippen molar-refractivity contribution >= 4 is 35.5 Å². The molecule has 11 nitrogen and oxygen atoms in total. The lowest BCUT2D eigenvalue weighted by atomic mass is 10.00. The van der Waals surface area contributed by atoms with E-state index in [0.717, 1.165) is 4.90 Å². The molecule has 7 N–H and O–H groups in total. The van der Waals surface area contributed by atoms with E-state index in [1.807, 2.05) is 0 Å². The lowest BCUT2D eigenvalue weighted by Gasteiger charge is -2.49. The van der Waals surface area contributed by atoms with Crippen LogP contribution in [0.25, 0.3) is 0 Å². The van der Waals surface area contributed by atoms with E-state index in [9.17, 15) is 34.5 Å². The molecule has 0 radical (unpaired) electrons. The maximum Gasteiger partial charge on any atom is 0.352 e. The lowest BCUT2D eigenvalue weighted by molar-refractivity contribution is -0.151. The largest absolute Gasteiger partial charge is 0.508 e. The molecule has 12 heteroatoms. The summed E-state index contributed by atoms with van der Waals surface area (Å²) in [6.07, 6.45) is 3.33. The van der Waals surface area contributed by atoms with Crippen molar-refractivity contribution in [2.24, 2.45) is 5.73 Å². The number of nitrogens with one attached hydrogen (secondary N) is 2. The number of carboxylic acids is 1. The summed E-state index contributed by atoms with van der Waals surface area (Å²) in [4.78, 5) is 52.4. The second kappa shape index (κ2) is 11.0. The normalized spacial score (nSPS) is 20.4.